The van der Waals surface area contributed by atoms with Crippen molar-refractivity contribution in [1.29, 1.82) is 0 Å². The zero-order valence-corrected chi connectivity index (χ0v) is 9.78. The summed E-state index contributed by atoms with van der Waals surface area (Å²) < 4.78 is 30.5. The summed E-state index contributed by atoms with van der Waals surface area (Å²) in [6.45, 7) is 3.08. The Balaban J connectivity index is 2.07. The molecule has 1 heterocycles. The van der Waals surface area contributed by atoms with E-state index in [2.05, 4.69) is 4.90 Å². The number of rotatable bonds is 3. The SMILES string of the molecule is O=S(=O)(O)c1ccc(CN2CCCC2)cc1. The molecule has 1 aromatic rings. The highest BCUT2D eigenvalue weighted by atomic mass is 32.2. The topological polar surface area (TPSA) is 57.6 Å². The molecule has 1 aliphatic rings. The molecule has 5 heteroatoms. The Hall–Kier alpha value is -0.910. The molecule has 1 aromatic carbocycles. The van der Waals surface area contributed by atoms with Crippen LogP contribution < -0.4 is 0 Å². The fourth-order valence-electron chi connectivity index (χ4n) is 1.97. The van der Waals surface area contributed by atoms with Gasteiger partial charge in [0.05, 0.1) is 4.90 Å². The van der Waals surface area contributed by atoms with Gasteiger partial charge in [-0.2, -0.15) is 8.42 Å². The van der Waals surface area contributed by atoms with Crippen LogP contribution in [0.3, 0.4) is 0 Å². The predicted molar refractivity (Wildman–Crippen MR) is 60.8 cm³/mol. The summed E-state index contributed by atoms with van der Waals surface area (Å²) in [5.74, 6) is 0. The molecule has 0 bridgehead atoms. The van der Waals surface area contributed by atoms with E-state index in [0.717, 1.165) is 25.2 Å². The van der Waals surface area contributed by atoms with Gasteiger partial charge in [0.15, 0.2) is 0 Å². The lowest BCUT2D eigenvalue weighted by Crippen LogP contribution is -2.18. The lowest BCUT2D eigenvalue weighted by atomic mass is 10.2. The van der Waals surface area contributed by atoms with Crippen molar-refractivity contribution in [2.45, 2.75) is 24.3 Å². The number of hydrogen-bond donors (Lipinski definition) is 1. The lowest BCUT2D eigenvalue weighted by Gasteiger charge is -2.14. The first-order chi connectivity index (χ1) is 7.55. The van der Waals surface area contributed by atoms with E-state index in [1.165, 1.54) is 25.0 Å². The van der Waals surface area contributed by atoms with Crippen LogP contribution in [0, 0.1) is 0 Å². The molecule has 0 atom stereocenters. The van der Waals surface area contributed by atoms with Gasteiger partial charge in [0.1, 0.15) is 0 Å². The third kappa shape index (κ3) is 2.81. The molecule has 0 radical (unpaired) electrons. The summed E-state index contributed by atoms with van der Waals surface area (Å²) in [6.07, 6.45) is 2.48. The Bertz CT molecular complexity index is 447. The molecular weight excluding hydrogens is 226 g/mol. The second-order valence-corrected chi connectivity index (χ2v) is 5.52. The van der Waals surface area contributed by atoms with Crippen LogP contribution in [0.1, 0.15) is 18.4 Å². The maximum Gasteiger partial charge on any atom is 0.294 e. The Morgan fingerprint density at radius 2 is 1.69 bits per heavy atom. The van der Waals surface area contributed by atoms with E-state index in [9.17, 15) is 8.42 Å². The summed E-state index contributed by atoms with van der Waals surface area (Å²) >= 11 is 0. The van der Waals surface area contributed by atoms with Crippen molar-refractivity contribution in [2.75, 3.05) is 13.1 Å². The van der Waals surface area contributed by atoms with Crippen LogP contribution >= 0.6 is 0 Å². The van der Waals surface area contributed by atoms with Gasteiger partial charge in [-0.15, -0.1) is 0 Å². The van der Waals surface area contributed by atoms with E-state index >= 15 is 0 Å². The van der Waals surface area contributed by atoms with E-state index in [1.54, 1.807) is 12.1 Å². The number of benzene rings is 1. The fraction of sp³-hybridized carbons (Fsp3) is 0.455. The van der Waals surface area contributed by atoms with Gasteiger partial charge >= 0.3 is 0 Å². The minimum Gasteiger partial charge on any atom is -0.299 e. The van der Waals surface area contributed by atoms with Crippen molar-refractivity contribution in [3.05, 3.63) is 29.8 Å². The van der Waals surface area contributed by atoms with E-state index in [0.29, 0.717) is 0 Å². The van der Waals surface area contributed by atoms with Crippen molar-refractivity contribution < 1.29 is 13.0 Å². The molecule has 1 fully saturated rings. The van der Waals surface area contributed by atoms with Crippen LogP contribution in [0.5, 0.6) is 0 Å². The molecule has 88 valence electrons. The van der Waals surface area contributed by atoms with E-state index in [-0.39, 0.29) is 4.90 Å². The monoisotopic (exact) mass is 241 g/mol. The molecule has 0 amide bonds. The Morgan fingerprint density at radius 3 is 2.19 bits per heavy atom. The number of nitrogens with zero attached hydrogens (tertiary/aromatic N) is 1. The molecule has 4 nitrogen and oxygen atoms in total. The molecular formula is C11H15NO3S. The number of likely N-dealkylation sites (tertiary alicyclic amines) is 1. The highest BCUT2D eigenvalue weighted by molar-refractivity contribution is 7.85. The summed E-state index contributed by atoms with van der Waals surface area (Å²) in [5, 5.41) is 0. The molecule has 1 saturated heterocycles. The Kier molecular flexibility index (Phi) is 3.28. The maximum atomic E-state index is 10.8. The molecule has 1 N–H and O–H groups in total. The van der Waals surface area contributed by atoms with Gasteiger partial charge in [0.25, 0.3) is 10.1 Å². The van der Waals surface area contributed by atoms with Gasteiger partial charge < -0.3 is 0 Å². The van der Waals surface area contributed by atoms with Crippen molar-refractivity contribution in [1.82, 2.24) is 4.90 Å². The van der Waals surface area contributed by atoms with Gasteiger partial charge in [0, 0.05) is 6.54 Å². The van der Waals surface area contributed by atoms with Crippen molar-refractivity contribution in [2.24, 2.45) is 0 Å². The average Bonchev–Trinajstić information content (AvgIpc) is 2.70. The van der Waals surface area contributed by atoms with E-state index in [1.807, 2.05) is 0 Å². The van der Waals surface area contributed by atoms with Crippen molar-refractivity contribution >= 4 is 10.1 Å². The number of hydrogen-bond acceptors (Lipinski definition) is 3. The van der Waals surface area contributed by atoms with Crippen LogP contribution in [0.2, 0.25) is 0 Å². The normalized spacial score (nSPS) is 17.8. The summed E-state index contributed by atoms with van der Waals surface area (Å²) in [4.78, 5) is 2.29. The first kappa shape index (κ1) is 11.6. The molecule has 0 aliphatic carbocycles. The largest absolute Gasteiger partial charge is 0.299 e. The standard InChI is InChI=1S/C11H15NO3S/c13-16(14,15)11-5-3-10(4-6-11)9-12-7-1-2-8-12/h3-6H,1-2,7-9H2,(H,13,14,15). The van der Waals surface area contributed by atoms with Gasteiger partial charge in [-0.25, -0.2) is 0 Å². The van der Waals surface area contributed by atoms with Crippen molar-refractivity contribution in [3.8, 4) is 0 Å². The predicted octanol–water partition coefficient (Wildman–Crippen LogP) is 1.53. The first-order valence-corrected chi connectivity index (χ1v) is 6.78. The van der Waals surface area contributed by atoms with Crippen LogP contribution in [-0.2, 0) is 16.7 Å². The molecule has 0 unspecified atom stereocenters. The molecule has 16 heavy (non-hydrogen) atoms. The Labute approximate surface area is 95.6 Å². The minimum absolute atomic E-state index is 0.0438. The van der Waals surface area contributed by atoms with Gasteiger partial charge in [-0.1, -0.05) is 12.1 Å². The van der Waals surface area contributed by atoms with Crippen LogP contribution in [-0.4, -0.2) is 31.0 Å². The molecule has 1 aliphatic heterocycles. The zero-order chi connectivity index (χ0) is 11.6. The molecule has 0 saturated carbocycles. The smallest absolute Gasteiger partial charge is 0.294 e. The maximum absolute atomic E-state index is 10.8. The van der Waals surface area contributed by atoms with Gasteiger partial charge in [-0.3, -0.25) is 9.45 Å². The fourth-order valence-corrected chi connectivity index (χ4v) is 2.45. The van der Waals surface area contributed by atoms with Gasteiger partial charge in [-0.05, 0) is 43.6 Å². The molecule has 2 rings (SSSR count). The summed E-state index contributed by atoms with van der Waals surface area (Å²) in [5.41, 5.74) is 1.08. The van der Waals surface area contributed by atoms with Crippen molar-refractivity contribution in [3.63, 3.8) is 0 Å². The van der Waals surface area contributed by atoms with E-state index < -0.39 is 10.1 Å². The summed E-state index contributed by atoms with van der Waals surface area (Å²) in [6, 6.07) is 6.39. The highest BCUT2D eigenvalue weighted by Gasteiger charge is 2.13. The second kappa shape index (κ2) is 4.53. The lowest BCUT2D eigenvalue weighted by molar-refractivity contribution is 0.331. The Morgan fingerprint density at radius 1 is 1.12 bits per heavy atom. The van der Waals surface area contributed by atoms with Crippen LogP contribution in [0.25, 0.3) is 0 Å². The van der Waals surface area contributed by atoms with Crippen LogP contribution in [0.4, 0.5) is 0 Å². The third-order valence-electron chi connectivity index (χ3n) is 2.83. The zero-order valence-electron chi connectivity index (χ0n) is 8.96. The third-order valence-corrected chi connectivity index (χ3v) is 3.69. The first-order valence-electron chi connectivity index (χ1n) is 5.34. The van der Waals surface area contributed by atoms with E-state index in [4.69, 9.17) is 4.55 Å². The second-order valence-electron chi connectivity index (χ2n) is 4.10. The minimum atomic E-state index is -4.06. The van der Waals surface area contributed by atoms with Gasteiger partial charge in [0.2, 0.25) is 0 Å². The molecule has 0 spiro atoms. The molecule has 0 aromatic heterocycles. The average molecular weight is 241 g/mol. The quantitative estimate of drug-likeness (QED) is 0.815. The van der Waals surface area contributed by atoms with Crippen LogP contribution in [0.15, 0.2) is 29.2 Å². The summed E-state index contributed by atoms with van der Waals surface area (Å²) in [7, 11) is -4.06. The highest BCUT2D eigenvalue weighted by Crippen LogP contribution is 2.15.